The molecule has 0 bridgehead atoms. The average Bonchev–Trinajstić information content (AvgIpc) is 3.08. The number of aryl methyl sites for hydroxylation is 1. The van der Waals surface area contributed by atoms with Crippen LogP contribution in [0, 0.1) is 5.95 Å². The molecule has 0 aliphatic rings. The van der Waals surface area contributed by atoms with Crippen molar-refractivity contribution >= 4 is 16.9 Å². The van der Waals surface area contributed by atoms with Crippen LogP contribution in [0.2, 0.25) is 0 Å². The van der Waals surface area contributed by atoms with Gasteiger partial charge in [-0.05, 0) is 6.07 Å². The van der Waals surface area contributed by atoms with E-state index in [0.29, 0.717) is 0 Å². The van der Waals surface area contributed by atoms with Gasteiger partial charge in [0.15, 0.2) is 0 Å². The number of benzene rings is 1. The van der Waals surface area contributed by atoms with Gasteiger partial charge in [-0.25, -0.2) is 4.79 Å². The Bertz CT molecular complexity index is 823. The number of para-hydroxylation sites is 1. The second-order valence-electron chi connectivity index (χ2n) is 4.53. The molecular formula is C14H11F4N3O2. The number of nitrogens with one attached hydrogen (secondary N) is 1. The van der Waals surface area contributed by atoms with Crippen LogP contribution in [0.4, 0.5) is 17.6 Å². The molecule has 9 heteroatoms. The fourth-order valence-electron chi connectivity index (χ4n) is 2.00. The van der Waals surface area contributed by atoms with Crippen molar-refractivity contribution in [1.82, 2.24) is 14.8 Å². The number of carboxylic acid groups (broad SMARTS) is 1. The number of fused-ring (bicyclic) bond motifs is 1. The van der Waals surface area contributed by atoms with Gasteiger partial charge in [-0.2, -0.15) is 22.7 Å². The van der Waals surface area contributed by atoms with Gasteiger partial charge in [0, 0.05) is 18.6 Å². The smallest absolute Gasteiger partial charge is 0.421 e. The Kier molecular flexibility index (Phi) is 4.39. The van der Waals surface area contributed by atoms with E-state index < -0.39 is 23.7 Å². The van der Waals surface area contributed by atoms with Crippen molar-refractivity contribution in [3.05, 3.63) is 53.7 Å². The summed E-state index contributed by atoms with van der Waals surface area (Å²) in [6, 6.07) is 5.74. The number of nitrogens with zero attached hydrogens (tertiary/aromatic N) is 2. The summed E-state index contributed by atoms with van der Waals surface area (Å²) in [4.78, 5) is 10.0. The minimum absolute atomic E-state index is 0.106. The topological polar surface area (TPSA) is 70.9 Å². The molecule has 0 aliphatic carbocycles. The molecule has 0 unspecified atom stereocenters. The lowest BCUT2D eigenvalue weighted by Crippen LogP contribution is -2.07. The van der Waals surface area contributed by atoms with Crippen LogP contribution in [0.25, 0.3) is 10.9 Å². The van der Waals surface area contributed by atoms with Crippen LogP contribution < -0.4 is 0 Å². The molecule has 0 saturated carbocycles. The number of aromatic nitrogens is 3. The third-order valence-electron chi connectivity index (χ3n) is 3.06. The minimum Gasteiger partial charge on any atom is -0.478 e. The predicted molar refractivity (Wildman–Crippen MR) is 73.4 cm³/mol. The number of alkyl halides is 3. The molecule has 0 fully saturated rings. The van der Waals surface area contributed by atoms with E-state index in [1.165, 1.54) is 37.6 Å². The first-order valence-corrected chi connectivity index (χ1v) is 6.25. The highest BCUT2D eigenvalue weighted by Crippen LogP contribution is 2.37. The zero-order valence-electron chi connectivity index (χ0n) is 11.7. The number of carboxylic acids is 1. The van der Waals surface area contributed by atoms with E-state index in [-0.39, 0.29) is 16.5 Å². The van der Waals surface area contributed by atoms with E-state index >= 15 is 0 Å². The van der Waals surface area contributed by atoms with Crippen LogP contribution in [0.3, 0.4) is 0 Å². The Morgan fingerprint density at radius 1 is 1.30 bits per heavy atom. The van der Waals surface area contributed by atoms with Crippen molar-refractivity contribution in [3.8, 4) is 0 Å². The first kappa shape index (κ1) is 16.5. The number of carbonyl (C=O) groups is 1. The van der Waals surface area contributed by atoms with E-state index in [2.05, 4.69) is 10.2 Å². The molecule has 2 heterocycles. The summed E-state index contributed by atoms with van der Waals surface area (Å²) in [7, 11) is 1.27. The summed E-state index contributed by atoms with van der Waals surface area (Å²) < 4.78 is 51.9. The Morgan fingerprint density at radius 2 is 1.96 bits per heavy atom. The van der Waals surface area contributed by atoms with Crippen LogP contribution >= 0.6 is 0 Å². The summed E-state index contributed by atoms with van der Waals surface area (Å²) in [5.41, 5.74) is -0.770. The van der Waals surface area contributed by atoms with Crippen LogP contribution in [0.1, 0.15) is 15.9 Å². The number of aromatic carboxylic acids is 1. The molecule has 0 aliphatic heterocycles. The molecule has 0 atom stereocenters. The fourth-order valence-corrected chi connectivity index (χ4v) is 2.00. The minimum atomic E-state index is -4.66. The SMILES string of the molecule is Cn1c(F)c(C(F)(F)F)c2ccccc21.O=C(O)c1cn[nH]c1. The van der Waals surface area contributed by atoms with Crippen LogP contribution in [0.15, 0.2) is 36.7 Å². The molecule has 1 aromatic carbocycles. The highest BCUT2D eigenvalue weighted by Gasteiger charge is 2.38. The molecule has 0 radical (unpaired) electrons. The normalized spacial score (nSPS) is 11.2. The fraction of sp³-hybridized carbons (Fsp3) is 0.143. The van der Waals surface area contributed by atoms with E-state index in [4.69, 9.17) is 5.11 Å². The highest BCUT2D eigenvalue weighted by atomic mass is 19.4. The summed E-state index contributed by atoms with van der Waals surface area (Å²) in [5, 5.41) is 13.9. The maximum Gasteiger partial charge on any atom is 0.421 e. The predicted octanol–water partition coefficient (Wildman–Crippen LogP) is 3.44. The molecule has 3 aromatic rings. The standard InChI is InChI=1S/C10H7F4N.C4H4N2O2/c1-15-7-5-3-2-4-6(7)8(9(15)11)10(12,13)14;7-4(8)3-1-5-6-2-3/h2-5H,1H3;1-2H,(H,5,6)(H,7,8). The van der Waals surface area contributed by atoms with E-state index in [0.717, 1.165) is 4.57 Å². The molecular weight excluding hydrogens is 318 g/mol. The van der Waals surface area contributed by atoms with E-state index in [1.54, 1.807) is 6.07 Å². The zero-order chi connectivity index (χ0) is 17.2. The summed E-state index contributed by atoms with van der Waals surface area (Å²) in [6.07, 6.45) is -2.09. The molecule has 0 saturated heterocycles. The van der Waals surface area contributed by atoms with Gasteiger partial charge in [0.25, 0.3) is 0 Å². The Hall–Kier alpha value is -2.84. The molecule has 3 rings (SSSR count). The average molecular weight is 329 g/mol. The quantitative estimate of drug-likeness (QED) is 0.672. The lowest BCUT2D eigenvalue weighted by Gasteiger charge is -2.04. The van der Waals surface area contributed by atoms with Crippen molar-refractivity contribution in [3.63, 3.8) is 0 Å². The molecule has 0 spiro atoms. The second-order valence-corrected chi connectivity index (χ2v) is 4.53. The lowest BCUT2D eigenvalue weighted by molar-refractivity contribution is -0.138. The number of hydrogen-bond acceptors (Lipinski definition) is 2. The van der Waals surface area contributed by atoms with Gasteiger partial charge < -0.3 is 9.67 Å². The Labute approximate surface area is 127 Å². The molecule has 23 heavy (non-hydrogen) atoms. The highest BCUT2D eigenvalue weighted by molar-refractivity contribution is 5.86. The van der Waals surface area contributed by atoms with Crippen molar-refractivity contribution in [2.45, 2.75) is 6.18 Å². The first-order valence-electron chi connectivity index (χ1n) is 6.25. The van der Waals surface area contributed by atoms with Gasteiger partial charge in [-0.15, -0.1) is 0 Å². The summed E-state index contributed by atoms with van der Waals surface area (Å²) >= 11 is 0. The van der Waals surface area contributed by atoms with Crippen LogP contribution in [0.5, 0.6) is 0 Å². The maximum absolute atomic E-state index is 13.4. The molecule has 2 aromatic heterocycles. The molecule has 2 N–H and O–H groups in total. The van der Waals surface area contributed by atoms with Crippen LogP contribution in [-0.2, 0) is 13.2 Å². The van der Waals surface area contributed by atoms with Gasteiger partial charge in [-0.3, -0.25) is 5.10 Å². The maximum atomic E-state index is 13.4. The van der Waals surface area contributed by atoms with Gasteiger partial charge in [-0.1, -0.05) is 18.2 Å². The van der Waals surface area contributed by atoms with Crippen LogP contribution in [-0.4, -0.2) is 25.8 Å². The largest absolute Gasteiger partial charge is 0.478 e. The third-order valence-corrected chi connectivity index (χ3v) is 3.06. The molecule has 0 amide bonds. The number of hydrogen-bond donors (Lipinski definition) is 2. The van der Waals surface area contributed by atoms with Crippen molar-refractivity contribution in [1.29, 1.82) is 0 Å². The number of rotatable bonds is 1. The Morgan fingerprint density at radius 3 is 2.43 bits per heavy atom. The van der Waals surface area contributed by atoms with Crippen molar-refractivity contribution in [2.75, 3.05) is 0 Å². The number of aromatic amines is 1. The Balaban J connectivity index is 0.000000203. The van der Waals surface area contributed by atoms with E-state index in [9.17, 15) is 22.4 Å². The summed E-state index contributed by atoms with van der Waals surface area (Å²) in [6.45, 7) is 0. The van der Waals surface area contributed by atoms with Gasteiger partial charge in [0.05, 0.1) is 17.3 Å². The van der Waals surface area contributed by atoms with E-state index in [1.807, 2.05) is 0 Å². The molecule has 122 valence electrons. The number of H-pyrrole nitrogens is 1. The van der Waals surface area contributed by atoms with Crippen molar-refractivity contribution in [2.24, 2.45) is 7.05 Å². The van der Waals surface area contributed by atoms with Crippen molar-refractivity contribution < 1.29 is 27.5 Å². The summed E-state index contributed by atoms with van der Waals surface area (Å²) in [5.74, 6) is -2.21. The first-order chi connectivity index (χ1) is 10.7. The number of halogens is 4. The second kappa shape index (κ2) is 6.11. The third kappa shape index (κ3) is 3.33. The van der Waals surface area contributed by atoms with Gasteiger partial charge in [0.1, 0.15) is 5.56 Å². The van der Waals surface area contributed by atoms with Gasteiger partial charge >= 0.3 is 12.1 Å². The lowest BCUT2D eigenvalue weighted by atomic mass is 10.2. The monoisotopic (exact) mass is 329 g/mol. The molecule has 5 nitrogen and oxygen atoms in total. The zero-order valence-corrected chi connectivity index (χ0v) is 11.7. The van der Waals surface area contributed by atoms with Gasteiger partial charge in [0.2, 0.25) is 5.95 Å².